The van der Waals surface area contributed by atoms with E-state index >= 15 is 0 Å². The summed E-state index contributed by atoms with van der Waals surface area (Å²) in [6, 6.07) is 8.86. The van der Waals surface area contributed by atoms with Crippen molar-refractivity contribution in [3.63, 3.8) is 0 Å². The summed E-state index contributed by atoms with van der Waals surface area (Å²) in [4.78, 5) is 6.76. The van der Waals surface area contributed by atoms with Gasteiger partial charge < -0.3 is 14.8 Å². The molecule has 4 rings (SSSR count). The summed E-state index contributed by atoms with van der Waals surface area (Å²) in [5, 5.41) is 3.68. The molecule has 0 bridgehead atoms. The third-order valence-electron chi connectivity index (χ3n) is 5.80. The van der Waals surface area contributed by atoms with Gasteiger partial charge in [-0.2, -0.15) is 0 Å². The highest BCUT2D eigenvalue weighted by Gasteiger charge is 2.33. The van der Waals surface area contributed by atoms with Gasteiger partial charge in [-0.1, -0.05) is 6.07 Å². The van der Waals surface area contributed by atoms with Crippen LogP contribution in [0.25, 0.3) is 0 Å². The zero-order chi connectivity index (χ0) is 18.8. The maximum atomic E-state index is 6.06. The van der Waals surface area contributed by atoms with Crippen LogP contribution in [0.2, 0.25) is 0 Å². The number of hydrogen-bond acceptors (Lipinski definition) is 5. The number of fused-ring (bicyclic) bond motifs is 1. The number of methoxy groups -OCH3 is 1. The number of likely N-dealkylation sites (tertiary alicyclic amines) is 1. The third kappa shape index (κ3) is 3.80. The van der Waals surface area contributed by atoms with Crippen LogP contribution in [0.1, 0.15) is 36.1 Å². The Morgan fingerprint density at radius 1 is 1.37 bits per heavy atom. The van der Waals surface area contributed by atoms with Gasteiger partial charge in [-0.05, 0) is 56.6 Å². The molecular weight excluding hydrogens is 338 g/mol. The monoisotopic (exact) mass is 367 g/mol. The van der Waals surface area contributed by atoms with Gasteiger partial charge in [-0.25, -0.2) is 0 Å². The van der Waals surface area contributed by atoms with E-state index in [2.05, 4.69) is 47.4 Å². The second kappa shape index (κ2) is 7.87. The van der Waals surface area contributed by atoms with Gasteiger partial charge in [0.2, 0.25) is 0 Å². The highest BCUT2D eigenvalue weighted by atomic mass is 16.5. The summed E-state index contributed by atoms with van der Waals surface area (Å²) in [6.07, 6.45) is 6.24. The summed E-state index contributed by atoms with van der Waals surface area (Å²) in [7, 11) is 3.94. The van der Waals surface area contributed by atoms with Crippen LogP contribution >= 0.6 is 0 Å². The van der Waals surface area contributed by atoms with Crippen LogP contribution in [0, 0.1) is 5.92 Å². The van der Waals surface area contributed by atoms with Gasteiger partial charge in [0.1, 0.15) is 17.6 Å². The molecule has 144 valence electrons. The second-order valence-corrected chi connectivity index (χ2v) is 7.80. The molecule has 1 fully saturated rings. The summed E-state index contributed by atoms with van der Waals surface area (Å²) >= 11 is 0. The minimum atomic E-state index is 0.240. The van der Waals surface area contributed by atoms with Gasteiger partial charge >= 0.3 is 0 Å². The Kier molecular flexibility index (Phi) is 5.32. The van der Waals surface area contributed by atoms with E-state index in [1.807, 2.05) is 18.5 Å². The van der Waals surface area contributed by atoms with Crippen LogP contribution in [0.3, 0.4) is 0 Å². The number of nitrogens with zero attached hydrogens (tertiary/aromatic N) is 2. The minimum Gasteiger partial charge on any atom is -0.497 e. The van der Waals surface area contributed by atoms with E-state index < -0.39 is 0 Å². The summed E-state index contributed by atoms with van der Waals surface area (Å²) in [6.45, 7) is 5.02. The predicted octanol–water partition coefficient (Wildman–Crippen LogP) is 3.20. The van der Waals surface area contributed by atoms with E-state index in [0.29, 0.717) is 12.0 Å². The number of nitrogens with one attached hydrogen (secondary N) is 1. The molecule has 0 radical (unpaired) electrons. The molecule has 3 heterocycles. The fourth-order valence-electron chi connectivity index (χ4n) is 4.54. The van der Waals surface area contributed by atoms with Crippen LogP contribution in [0.15, 0.2) is 36.7 Å². The normalized spacial score (nSPS) is 24.6. The quantitative estimate of drug-likeness (QED) is 0.850. The number of rotatable bonds is 6. The first kappa shape index (κ1) is 18.3. The van der Waals surface area contributed by atoms with Gasteiger partial charge in [-0.3, -0.25) is 9.88 Å². The van der Waals surface area contributed by atoms with Gasteiger partial charge in [0.15, 0.2) is 0 Å². The predicted molar refractivity (Wildman–Crippen MR) is 106 cm³/mol. The van der Waals surface area contributed by atoms with Crippen molar-refractivity contribution in [3.05, 3.63) is 53.3 Å². The average molecular weight is 367 g/mol. The smallest absolute Gasteiger partial charge is 0.127 e. The standard InChI is InChI=1S/C22H29N3O2/c1-15-9-18-10-20(26-3)11-19(22(18)27-15)14-24-13-17-6-8-25(2)21(17)16-5-4-7-23-12-16/h4-5,7,10-12,15,17,21,24H,6,8-9,13-14H2,1-3H3/t15-,17-,21-/m0/s1. The number of pyridine rings is 1. The molecule has 2 aliphatic heterocycles. The fraction of sp³-hybridized carbons (Fsp3) is 0.500. The molecule has 0 saturated carbocycles. The molecule has 0 spiro atoms. The van der Waals surface area contributed by atoms with Crippen LogP contribution in [-0.2, 0) is 13.0 Å². The maximum absolute atomic E-state index is 6.06. The van der Waals surface area contributed by atoms with E-state index in [-0.39, 0.29) is 6.10 Å². The van der Waals surface area contributed by atoms with E-state index in [1.165, 1.54) is 23.1 Å². The molecule has 1 aromatic carbocycles. The minimum absolute atomic E-state index is 0.240. The highest BCUT2D eigenvalue weighted by Crippen LogP contribution is 2.37. The van der Waals surface area contributed by atoms with Crippen LogP contribution in [0.5, 0.6) is 11.5 Å². The molecule has 0 aliphatic carbocycles. The molecule has 1 N–H and O–H groups in total. The van der Waals surface area contributed by atoms with Gasteiger partial charge in [-0.15, -0.1) is 0 Å². The first-order chi connectivity index (χ1) is 13.2. The zero-order valence-corrected chi connectivity index (χ0v) is 16.4. The Bertz CT molecular complexity index is 781. The first-order valence-electron chi connectivity index (χ1n) is 9.83. The van der Waals surface area contributed by atoms with Crippen LogP contribution < -0.4 is 14.8 Å². The molecule has 27 heavy (non-hydrogen) atoms. The Balaban J connectivity index is 1.44. The first-order valence-corrected chi connectivity index (χ1v) is 9.83. The Morgan fingerprint density at radius 2 is 2.26 bits per heavy atom. The van der Waals surface area contributed by atoms with Crippen molar-refractivity contribution in [2.24, 2.45) is 5.92 Å². The lowest BCUT2D eigenvalue weighted by Crippen LogP contribution is -2.28. The maximum Gasteiger partial charge on any atom is 0.127 e. The van der Waals surface area contributed by atoms with Crippen molar-refractivity contribution in [3.8, 4) is 11.5 Å². The van der Waals surface area contributed by atoms with Crippen molar-refractivity contribution in [1.29, 1.82) is 0 Å². The van der Waals surface area contributed by atoms with Crippen molar-refractivity contribution in [1.82, 2.24) is 15.2 Å². The fourth-order valence-corrected chi connectivity index (χ4v) is 4.54. The summed E-state index contributed by atoms with van der Waals surface area (Å²) in [5.74, 6) is 2.54. The zero-order valence-electron chi connectivity index (χ0n) is 16.4. The number of aromatic nitrogens is 1. The van der Waals surface area contributed by atoms with Crippen LogP contribution in [-0.4, -0.2) is 43.2 Å². The van der Waals surface area contributed by atoms with Crippen LogP contribution in [0.4, 0.5) is 0 Å². The van der Waals surface area contributed by atoms with Crippen molar-refractivity contribution in [2.45, 2.75) is 38.5 Å². The van der Waals surface area contributed by atoms with E-state index in [0.717, 1.165) is 37.6 Å². The lowest BCUT2D eigenvalue weighted by molar-refractivity contribution is 0.251. The molecular formula is C22H29N3O2. The van der Waals surface area contributed by atoms with Gasteiger partial charge in [0, 0.05) is 49.1 Å². The van der Waals surface area contributed by atoms with Crippen molar-refractivity contribution in [2.75, 3.05) is 27.2 Å². The molecule has 2 aromatic rings. The average Bonchev–Trinajstić information content (AvgIpc) is 3.24. The summed E-state index contributed by atoms with van der Waals surface area (Å²) < 4.78 is 11.5. The molecule has 0 amide bonds. The Hall–Kier alpha value is -2.11. The van der Waals surface area contributed by atoms with Gasteiger partial charge in [0.05, 0.1) is 7.11 Å². The number of benzene rings is 1. The summed E-state index contributed by atoms with van der Waals surface area (Å²) in [5.41, 5.74) is 3.76. The van der Waals surface area contributed by atoms with Gasteiger partial charge in [0.25, 0.3) is 0 Å². The lowest BCUT2D eigenvalue weighted by Gasteiger charge is -2.25. The number of hydrogen-bond donors (Lipinski definition) is 1. The molecule has 0 unspecified atom stereocenters. The molecule has 3 atom stereocenters. The van der Waals surface area contributed by atoms with E-state index in [4.69, 9.17) is 9.47 Å². The molecule has 5 nitrogen and oxygen atoms in total. The van der Waals surface area contributed by atoms with E-state index in [1.54, 1.807) is 7.11 Å². The van der Waals surface area contributed by atoms with Crippen molar-refractivity contribution >= 4 is 0 Å². The molecule has 2 aliphatic rings. The Labute approximate surface area is 161 Å². The second-order valence-electron chi connectivity index (χ2n) is 7.80. The largest absolute Gasteiger partial charge is 0.497 e. The topological polar surface area (TPSA) is 46.6 Å². The van der Waals surface area contributed by atoms with E-state index in [9.17, 15) is 0 Å². The Morgan fingerprint density at radius 3 is 3.04 bits per heavy atom. The number of ether oxygens (including phenoxy) is 2. The SMILES string of the molecule is COc1cc(CNC[C@@H]2CCN(C)[C@H]2c2cccnc2)c2c(c1)C[C@H](C)O2. The van der Waals surface area contributed by atoms with Crippen molar-refractivity contribution < 1.29 is 9.47 Å². The molecule has 1 aromatic heterocycles. The highest BCUT2D eigenvalue weighted by molar-refractivity contribution is 5.49. The molecule has 1 saturated heterocycles. The third-order valence-corrected chi connectivity index (χ3v) is 5.80. The lowest BCUT2D eigenvalue weighted by atomic mass is 9.94. The molecule has 5 heteroatoms.